The van der Waals surface area contributed by atoms with Crippen LogP contribution in [0.2, 0.25) is 0 Å². The number of fused-ring (bicyclic) bond motifs is 1. The predicted molar refractivity (Wildman–Crippen MR) is 90.8 cm³/mol. The average molecular weight is 353 g/mol. The van der Waals surface area contributed by atoms with Crippen molar-refractivity contribution < 1.29 is 23.1 Å². The van der Waals surface area contributed by atoms with Crippen molar-refractivity contribution in [2.75, 3.05) is 6.61 Å². The zero-order chi connectivity index (χ0) is 17.9. The van der Waals surface area contributed by atoms with Crippen molar-refractivity contribution >= 4 is 5.97 Å². The van der Waals surface area contributed by atoms with Gasteiger partial charge in [0.1, 0.15) is 18.2 Å². The summed E-state index contributed by atoms with van der Waals surface area (Å²) in [6.45, 7) is 0.237. The highest BCUT2D eigenvalue weighted by molar-refractivity contribution is 5.73. The zero-order valence-electron chi connectivity index (χ0n) is 13.9. The van der Waals surface area contributed by atoms with Crippen molar-refractivity contribution in [2.24, 2.45) is 5.92 Å². The van der Waals surface area contributed by atoms with Crippen LogP contribution in [0.25, 0.3) is 11.3 Å². The average Bonchev–Trinajstić information content (AvgIpc) is 3.15. The van der Waals surface area contributed by atoms with E-state index in [0.29, 0.717) is 24.4 Å². The minimum absolute atomic E-state index is 0.0574. The number of hydrogen-bond donors (Lipinski definition) is 0. The van der Waals surface area contributed by atoms with Gasteiger partial charge < -0.3 is 13.9 Å². The fourth-order valence-corrected chi connectivity index (χ4v) is 2.85. The first-order chi connectivity index (χ1) is 12.7. The number of esters is 1. The van der Waals surface area contributed by atoms with Gasteiger partial charge in [-0.25, -0.2) is 9.37 Å². The third kappa shape index (κ3) is 3.44. The van der Waals surface area contributed by atoms with Crippen LogP contribution in [-0.4, -0.2) is 17.6 Å². The summed E-state index contributed by atoms with van der Waals surface area (Å²) in [5.41, 5.74) is 1.70. The van der Waals surface area contributed by atoms with Gasteiger partial charge in [-0.05, 0) is 42.3 Å². The molecule has 0 radical (unpaired) electrons. The van der Waals surface area contributed by atoms with Gasteiger partial charge in [0, 0.05) is 5.56 Å². The van der Waals surface area contributed by atoms with Crippen LogP contribution in [0, 0.1) is 11.7 Å². The molecule has 26 heavy (non-hydrogen) atoms. The van der Waals surface area contributed by atoms with Gasteiger partial charge in [-0.3, -0.25) is 4.79 Å². The molecule has 0 fully saturated rings. The molecule has 3 aromatic rings. The van der Waals surface area contributed by atoms with Crippen molar-refractivity contribution in [1.29, 1.82) is 0 Å². The lowest BCUT2D eigenvalue weighted by molar-refractivity contribution is -0.152. The first kappa shape index (κ1) is 16.3. The van der Waals surface area contributed by atoms with E-state index in [4.69, 9.17) is 13.9 Å². The van der Waals surface area contributed by atoms with Crippen molar-refractivity contribution in [3.05, 3.63) is 72.0 Å². The van der Waals surface area contributed by atoms with Gasteiger partial charge in [0.05, 0.1) is 12.1 Å². The third-order valence-electron chi connectivity index (χ3n) is 4.23. The van der Waals surface area contributed by atoms with Crippen molar-refractivity contribution in [3.63, 3.8) is 0 Å². The molecular formula is C20H16FNO4. The Hall–Kier alpha value is -3.15. The summed E-state index contributed by atoms with van der Waals surface area (Å²) < 4.78 is 29.5. The molecule has 2 heterocycles. The van der Waals surface area contributed by atoms with Gasteiger partial charge >= 0.3 is 5.97 Å². The van der Waals surface area contributed by atoms with Crippen LogP contribution in [-0.2, 0) is 22.6 Å². The summed E-state index contributed by atoms with van der Waals surface area (Å²) in [4.78, 5) is 16.4. The molecule has 1 atom stereocenters. The monoisotopic (exact) mass is 353 g/mol. The number of carbonyl (C=O) groups excluding carboxylic acids is 1. The molecule has 5 nitrogen and oxygen atoms in total. The molecule has 2 aromatic carbocycles. The highest BCUT2D eigenvalue weighted by atomic mass is 19.1. The number of carbonyl (C=O) groups is 1. The van der Waals surface area contributed by atoms with E-state index in [2.05, 4.69) is 4.98 Å². The number of benzene rings is 2. The number of halogens is 1. The number of ether oxygens (including phenoxy) is 2. The molecule has 1 aliphatic heterocycles. The number of aromatic nitrogens is 1. The van der Waals surface area contributed by atoms with E-state index in [1.807, 2.05) is 24.3 Å². The second-order valence-corrected chi connectivity index (χ2v) is 6.05. The maximum atomic E-state index is 13.0. The van der Waals surface area contributed by atoms with E-state index in [9.17, 15) is 9.18 Å². The Bertz CT molecular complexity index is 920. The van der Waals surface area contributed by atoms with E-state index in [-0.39, 0.29) is 30.2 Å². The summed E-state index contributed by atoms with van der Waals surface area (Å²) >= 11 is 0. The fourth-order valence-electron chi connectivity index (χ4n) is 2.85. The summed E-state index contributed by atoms with van der Waals surface area (Å²) in [5.74, 6) is 0.574. The van der Waals surface area contributed by atoms with Crippen LogP contribution in [0.15, 0.2) is 59.1 Å². The number of rotatable bonds is 4. The highest BCUT2D eigenvalue weighted by Crippen LogP contribution is 2.27. The molecule has 0 aliphatic carbocycles. The topological polar surface area (TPSA) is 61.6 Å². The number of oxazole rings is 1. The Kier molecular flexibility index (Phi) is 4.39. The van der Waals surface area contributed by atoms with Crippen LogP contribution >= 0.6 is 0 Å². The molecule has 132 valence electrons. The van der Waals surface area contributed by atoms with Crippen molar-refractivity contribution in [3.8, 4) is 17.1 Å². The summed E-state index contributed by atoms with van der Waals surface area (Å²) in [6, 6.07) is 13.5. The second-order valence-electron chi connectivity index (χ2n) is 6.05. The Morgan fingerprint density at radius 3 is 2.85 bits per heavy atom. The van der Waals surface area contributed by atoms with Crippen molar-refractivity contribution in [2.45, 2.75) is 13.0 Å². The Labute approximate surface area is 149 Å². The molecule has 6 heteroatoms. The lowest BCUT2D eigenvalue weighted by Crippen LogP contribution is -2.29. The van der Waals surface area contributed by atoms with Crippen LogP contribution < -0.4 is 4.74 Å². The Morgan fingerprint density at radius 1 is 1.19 bits per heavy atom. The first-order valence-electron chi connectivity index (χ1n) is 8.27. The molecular weight excluding hydrogens is 337 g/mol. The van der Waals surface area contributed by atoms with Gasteiger partial charge in [0.2, 0.25) is 5.89 Å². The normalized spacial score (nSPS) is 15.8. The van der Waals surface area contributed by atoms with Gasteiger partial charge in [0.25, 0.3) is 0 Å². The first-order valence-corrected chi connectivity index (χ1v) is 8.27. The van der Waals surface area contributed by atoms with E-state index in [1.54, 1.807) is 12.1 Å². The molecule has 0 saturated carbocycles. The van der Waals surface area contributed by atoms with E-state index in [0.717, 1.165) is 11.3 Å². The minimum atomic E-state index is -0.351. The Balaban J connectivity index is 1.36. The lowest BCUT2D eigenvalue weighted by atomic mass is 9.97. The van der Waals surface area contributed by atoms with E-state index in [1.165, 1.54) is 18.3 Å². The molecule has 0 bridgehead atoms. The molecule has 1 aromatic heterocycles. The maximum absolute atomic E-state index is 13.0. The van der Waals surface area contributed by atoms with Crippen LogP contribution in [0.1, 0.15) is 11.5 Å². The maximum Gasteiger partial charge on any atom is 0.313 e. The fraction of sp³-hybridized carbons (Fsp3) is 0.200. The number of para-hydroxylation sites is 1. The number of hydrogen-bond acceptors (Lipinski definition) is 5. The second kappa shape index (κ2) is 7.00. The number of nitrogens with zero attached hydrogens (tertiary/aromatic N) is 1. The van der Waals surface area contributed by atoms with Crippen LogP contribution in [0.3, 0.4) is 0 Å². The van der Waals surface area contributed by atoms with Gasteiger partial charge in [0.15, 0.2) is 12.4 Å². The quantitative estimate of drug-likeness (QED) is 0.668. The van der Waals surface area contributed by atoms with Gasteiger partial charge in [-0.1, -0.05) is 18.2 Å². The molecule has 0 spiro atoms. The SMILES string of the molecule is O=C(OCc1ncc(-c2ccc(F)cc2)o1)C1COc2ccccc2C1. The summed E-state index contributed by atoms with van der Waals surface area (Å²) in [6.07, 6.45) is 2.11. The molecule has 0 saturated heterocycles. The molecule has 0 amide bonds. The molecule has 1 unspecified atom stereocenters. The zero-order valence-corrected chi connectivity index (χ0v) is 13.9. The molecule has 4 rings (SSSR count). The third-order valence-corrected chi connectivity index (χ3v) is 4.23. The van der Waals surface area contributed by atoms with Crippen LogP contribution in [0.5, 0.6) is 5.75 Å². The van der Waals surface area contributed by atoms with Gasteiger partial charge in [-0.15, -0.1) is 0 Å². The lowest BCUT2D eigenvalue weighted by Gasteiger charge is -2.23. The highest BCUT2D eigenvalue weighted by Gasteiger charge is 2.27. The smallest absolute Gasteiger partial charge is 0.313 e. The van der Waals surface area contributed by atoms with E-state index >= 15 is 0 Å². The predicted octanol–water partition coefficient (Wildman–Crippen LogP) is 3.78. The minimum Gasteiger partial charge on any atom is -0.492 e. The standard InChI is InChI=1S/C20H16FNO4/c21-16-7-5-13(6-8-16)18-10-22-19(26-18)12-25-20(23)15-9-14-3-1-2-4-17(14)24-11-15/h1-8,10,15H,9,11-12H2. The molecule has 0 N–H and O–H groups in total. The largest absolute Gasteiger partial charge is 0.492 e. The summed E-state index contributed by atoms with van der Waals surface area (Å²) in [7, 11) is 0. The molecule has 1 aliphatic rings. The Morgan fingerprint density at radius 2 is 2.00 bits per heavy atom. The van der Waals surface area contributed by atoms with Crippen LogP contribution in [0.4, 0.5) is 4.39 Å². The van der Waals surface area contributed by atoms with Gasteiger partial charge in [-0.2, -0.15) is 0 Å². The van der Waals surface area contributed by atoms with E-state index < -0.39 is 0 Å². The summed E-state index contributed by atoms with van der Waals surface area (Å²) in [5, 5.41) is 0. The van der Waals surface area contributed by atoms with Crippen molar-refractivity contribution in [1.82, 2.24) is 4.98 Å².